The lowest BCUT2D eigenvalue weighted by Gasteiger charge is -2.06. The molecule has 0 aliphatic carbocycles. The minimum absolute atomic E-state index is 0.254. The fourth-order valence-corrected chi connectivity index (χ4v) is 3.36. The SMILES string of the molecule is Cc1ccc(N=C(C=CSc2ccc(F)cc2)c2cc(Cl)ccc2Cl)cc1. The highest BCUT2D eigenvalue weighted by Gasteiger charge is 2.07. The van der Waals surface area contributed by atoms with Crippen LogP contribution in [0.3, 0.4) is 0 Å². The second-order valence-electron chi connectivity index (χ2n) is 5.83. The van der Waals surface area contributed by atoms with Gasteiger partial charge in [0.2, 0.25) is 0 Å². The maximum absolute atomic E-state index is 13.0. The van der Waals surface area contributed by atoms with E-state index in [2.05, 4.69) is 0 Å². The maximum atomic E-state index is 13.0. The van der Waals surface area contributed by atoms with Crippen molar-refractivity contribution in [2.45, 2.75) is 11.8 Å². The summed E-state index contributed by atoms with van der Waals surface area (Å²) in [6, 6.07) is 19.5. The van der Waals surface area contributed by atoms with E-state index in [1.165, 1.54) is 29.5 Å². The monoisotopic (exact) mass is 415 g/mol. The Hall–Kier alpha value is -2.07. The number of allylic oxidation sites excluding steroid dienone is 1. The first-order chi connectivity index (χ1) is 13.0. The van der Waals surface area contributed by atoms with Crippen LogP contribution in [0.5, 0.6) is 0 Å². The largest absolute Gasteiger partial charge is 0.248 e. The number of rotatable bonds is 5. The third-order valence-electron chi connectivity index (χ3n) is 3.73. The molecule has 3 aromatic carbocycles. The molecule has 0 saturated heterocycles. The highest BCUT2D eigenvalue weighted by molar-refractivity contribution is 8.02. The first-order valence-electron chi connectivity index (χ1n) is 8.21. The van der Waals surface area contributed by atoms with Crippen molar-refractivity contribution in [2.24, 2.45) is 4.99 Å². The first-order valence-corrected chi connectivity index (χ1v) is 9.84. The van der Waals surface area contributed by atoms with Crippen LogP contribution >= 0.6 is 35.0 Å². The van der Waals surface area contributed by atoms with Crippen molar-refractivity contribution in [1.82, 2.24) is 0 Å². The van der Waals surface area contributed by atoms with Gasteiger partial charge in [0.1, 0.15) is 5.82 Å². The molecule has 1 nitrogen and oxygen atoms in total. The van der Waals surface area contributed by atoms with Crippen LogP contribution in [0.1, 0.15) is 11.1 Å². The Kier molecular flexibility index (Phi) is 6.73. The number of hydrogen-bond acceptors (Lipinski definition) is 2. The van der Waals surface area contributed by atoms with Gasteiger partial charge in [-0.1, -0.05) is 52.7 Å². The molecular weight excluding hydrogens is 400 g/mol. The average Bonchev–Trinajstić information content (AvgIpc) is 2.66. The molecule has 0 aliphatic rings. The molecule has 0 aromatic heterocycles. The Balaban J connectivity index is 1.93. The molecule has 27 heavy (non-hydrogen) atoms. The zero-order valence-electron chi connectivity index (χ0n) is 14.5. The molecule has 0 spiro atoms. The molecular formula is C22H16Cl2FNS. The number of hydrogen-bond donors (Lipinski definition) is 0. The molecule has 0 heterocycles. The minimum atomic E-state index is -0.254. The van der Waals surface area contributed by atoms with E-state index in [1.54, 1.807) is 30.3 Å². The topological polar surface area (TPSA) is 12.4 Å². The molecule has 136 valence electrons. The minimum Gasteiger partial charge on any atom is -0.248 e. The first kappa shape index (κ1) is 19.7. The fourth-order valence-electron chi connectivity index (χ4n) is 2.33. The molecule has 0 radical (unpaired) electrons. The van der Waals surface area contributed by atoms with E-state index in [-0.39, 0.29) is 5.82 Å². The number of nitrogens with zero attached hydrogens (tertiary/aromatic N) is 1. The lowest BCUT2D eigenvalue weighted by atomic mass is 10.1. The summed E-state index contributed by atoms with van der Waals surface area (Å²) in [5, 5.41) is 3.06. The lowest BCUT2D eigenvalue weighted by Crippen LogP contribution is -1.97. The zero-order chi connectivity index (χ0) is 19.2. The average molecular weight is 416 g/mol. The van der Waals surface area contributed by atoms with E-state index < -0.39 is 0 Å². The van der Waals surface area contributed by atoms with Gasteiger partial charge in [-0.05, 0) is 73.0 Å². The van der Waals surface area contributed by atoms with Gasteiger partial charge in [-0.15, -0.1) is 0 Å². The molecule has 0 unspecified atom stereocenters. The Morgan fingerprint density at radius 3 is 2.37 bits per heavy atom. The van der Waals surface area contributed by atoms with Crippen molar-refractivity contribution >= 4 is 46.4 Å². The van der Waals surface area contributed by atoms with Crippen LogP contribution in [-0.2, 0) is 0 Å². The van der Waals surface area contributed by atoms with E-state index in [4.69, 9.17) is 28.2 Å². The number of halogens is 3. The Labute approximate surface area is 172 Å². The third-order valence-corrected chi connectivity index (χ3v) is 5.11. The van der Waals surface area contributed by atoms with Gasteiger partial charge in [0.15, 0.2) is 0 Å². The second kappa shape index (κ2) is 9.23. The molecule has 0 N–H and O–H groups in total. The van der Waals surface area contributed by atoms with E-state index in [1.807, 2.05) is 42.7 Å². The highest BCUT2D eigenvalue weighted by Crippen LogP contribution is 2.26. The summed E-state index contributed by atoms with van der Waals surface area (Å²) in [5.74, 6) is -0.254. The van der Waals surface area contributed by atoms with Crippen molar-refractivity contribution in [3.8, 4) is 0 Å². The number of thioether (sulfide) groups is 1. The van der Waals surface area contributed by atoms with Crippen LogP contribution in [0.2, 0.25) is 10.0 Å². The number of benzene rings is 3. The van der Waals surface area contributed by atoms with Gasteiger partial charge >= 0.3 is 0 Å². The van der Waals surface area contributed by atoms with Gasteiger partial charge in [0.25, 0.3) is 0 Å². The van der Waals surface area contributed by atoms with Crippen molar-refractivity contribution < 1.29 is 4.39 Å². The summed E-state index contributed by atoms with van der Waals surface area (Å²) >= 11 is 14.0. The quantitative estimate of drug-likeness (QED) is 0.305. The maximum Gasteiger partial charge on any atom is 0.123 e. The zero-order valence-corrected chi connectivity index (χ0v) is 16.8. The lowest BCUT2D eigenvalue weighted by molar-refractivity contribution is 0.626. The van der Waals surface area contributed by atoms with Crippen molar-refractivity contribution in [1.29, 1.82) is 0 Å². The van der Waals surface area contributed by atoms with E-state index >= 15 is 0 Å². The molecule has 0 amide bonds. The Morgan fingerprint density at radius 1 is 0.963 bits per heavy atom. The number of aliphatic imine (C=N–C) groups is 1. The van der Waals surface area contributed by atoms with Gasteiger partial charge in [0, 0.05) is 15.5 Å². The van der Waals surface area contributed by atoms with Gasteiger partial charge < -0.3 is 0 Å². The molecule has 3 rings (SSSR count). The molecule has 3 aromatic rings. The highest BCUT2D eigenvalue weighted by atomic mass is 35.5. The van der Waals surface area contributed by atoms with Crippen LogP contribution in [0, 0.1) is 12.7 Å². The number of aryl methyl sites for hydroxylation is 1. The molecule has 0 saturated carbocycles. The summed E-state index contributed by atoms with van der Waals surface area (Å²) in [4.78, 5) is 5.66. The molecule has 0 atom stereocenters. The summed E-state index contributed by atoms with van der Waals surface area (Å²) in [7, 11) is 0. The fraction of sp³-hybridized carbons (Fsp3) is 0.0455. The van der Waals surface area contributed by atoms with Crippen molar-refractivity contribution in [2.75, 3.05) is 0 Å². The second-order valence-corrected chi connectivity index (χ2v) is 7.65. The van der Waals surface area contributed by atoms with Crippen LogP contribution < -0.4 is 0 Å². The summed E-state index contributed by atoms with van der Waals surface area (Å²) in [6.45, 7) is 2.03. The van der Waals surface area contributed by atoms with Gasteiger partial charge in [-0.2, -0.15) is 0 Å². The van der Waals surface area contributed by atoms with E-state index in [0.29, 0.717) is 15.8 Å². The van der Waals surface area contributed by atoms with Crippen LogP contribution in [0.15, 0.2) is 88.1 Å². The molecule has 0 bridgehead atoms. The van der Waals surface area contributed by atoms with Crippen molar-refractivity contribution in [3.63, 3.8) is 0 Å². The summed E-state index contributed by atoms with van der Waals surface area (Å²) in [6.07, 6.45) is 1.88. The molecule has 0 fully saturated rings. The van der Waals surface area contributed by atoms with Gasteiger partial charge in [0.05, 0.1) is 16.4 Å². The summed E-state index contributed by atoms with van der Waals surface area (Å²) in [5.41, 5.74) is 3.43. The van der Waals surface area contributed by atoms with Crippen LogP contribution in [-0.4, -0.2) is 5.71 Å². The van der Waals surface area contributed by atoms with Crippen LogP contribution in [0.4, 0.5) is 10.1 Å². The van der Waals surface area contributed by atoms with Gasteiger partial charge in [-0.3, -0.25) is 0 Å². The standard InChI is InChI=1S/C22H16Cl2FNS/c1-15-2-7-18(8-3-15)26-22(20-14-16(23)4-11-21(20)24)12-13-27-19-9-5-17(25)6-10-19/h2-14H,1H3. The van der Waals surface area contributed by atoms with E-state index in [0.717, 1.165) is 16.1 Å². The normalized spacial score (nSPS) is 11.9. The van der Waals surface area contributed by atoms with Gasteiger partial charge in [-0.25, -0.2) is 9.38 Å². The third kappa shape index (κ3) is 5.70. The van der Waals surface area contributed by atoms with Crippen molar-refractivity contribution in [3.05, 3.63) is 105 Å². The predicted molar refractivity (Wildman–Crippen MR) is 115 cm³/mol. The molecule has 0 aliphatic heterocycles. The molecule has 5 heteroatoms. The predicted octanol–water partition coefficient (Wildman–Crippen LogP) is 7.87. The van der Waals surface area contributed by atoms with E-state index in [9.17, 15) is 4.39 Å². The smallest absolute Gasteiger partial charge is 0.123 e. The van der Waals surface area contributed by atoms with Crippen LogP contribution in [0.25, 0.3) is 0 Å². The Bertz CT molecular complexity index is 980. The summed E-state index contributed by atoms with van der Waals surface area (Å²) < 4.78 is 13.0. The Morgan fingerprint density at radius 2 is 1.67 bits per heavy atom.